The number of fused-ring (bicyclic) bond motifs is 2. The molecule has 0 radical (unpaired) electrons. The molecule has 0 aromatic heterocycles. The SMILES string of the molecule is NC(=O)c1ccc(NC(=O)[C@H]2[C@@H](C(=O)[O-])[C@H]3C=C[C@@H]2O3)cc1. The molecule has 2 heterocycles. The standard InChI is InChI=1S/C15H14N2O5/c16-13(18)7-1-3-8(4-2-7)17-14(19)11-9-5-6-10(22-9)12(11)15(20)21/h1-6,9-12H,(H2,16,18)(H,17,19)(H,20,21)/p-1/t9-,10+,11+,12-/m0/s1. The van der Waals surface area contributed by atoms with Crippen molar-refractivity contribution in [3.63, 3.8) is 0 Å². The van der Waals surface area contributed by atoms with Gasteiger partial charge in [0.2, 0.25) is 11.8 Å². The van der Waals surface area contributed by atoms with Crippen LogP contribution in [0.15, 0.2) is 36.4 Å². The summed E-state index contributed by atoms with van der Waals surface area (Å²) in [5.41, 5.74) is 5.89. The molecule has 2 aliphatic heterocycles. The Morgan fingerprint density at radius 2 is 1.64 bits per heavy atom. The Bertz CT molecular complexity index is 667. The van der Waals surface area contributed by atoms with Crippen molar-refractivity contribution in [1.82, 2.24) is 0 Å². The number of primary amides is 1. The van der Waals surface area contributed by atoms with Gasteiger partial charge < -0.3 is 25.7 Å². The summed E-state index contributed by atoms with van der Waals surface area (Å²) in [7, 11) is 0. The number of nitrogens with two attached hydrogens (primary N) is 1. The van der Waals surface area contributed by atoms with E-state index in [2.05, 4.69) is 5.32 Å². The maximum absolute atomic E-state index is 12.3. The van der Waals surface area contributed by atoms with Crippen molar-refractivity contribution in [3.05, 3.63) is 42.0 Å². The van der Waals surface area contributed by atoms with E-state index in [9.17, 15) is 19.5 Å². The summed E-state index contributed by atoms with van der Waals surface area (Å²) in [6.07, 6.45) is 2.14. The van der Waals surface area contributed by atoms with E-state index in [1.165, 1.54) is 24.3 Å². The van der Waals surface area contributed by atoms with Crippen LogP contribution in [-0.4, -0.2) is 30.0 Å². The maximum Gasteiger partial charge on any atom is 0.248 e. The Morgan fingerprint density at radius 1 is 1.05 bits per heavy atom. The van der Waals surface area contributed by atoms with Crippen LogP contribution in [0.1, 0.15) is 10.4 Å². The van der Waals surface area contributed by atoms with Crippen molar-refractivity contribution in [2.75, 3.05) is 5.32 Å². The number of benzene rings is 1. The number of anilines is 1. The van der Waals surface area contributed by atoms with Crippen LogP contribution in [0.2, 0.25) is 0 Å². The number of rotatable bonds is 4. The Hall–Kier alpha value is -2.67. The monoisotopic (exact) mass is 301 g/mol. The molecule has 2 bridgehead atoms. The topological polar surface area (TPSA) is 122 Å². The van der Waals surface area contributed by atoms with Crippen LogP contribution in [0.5, 0.6) is 0 Å². The van der Waals surface area contributed by atoms with E-state index in [0.717, 1.165) is 0 Å². The molecule has 0 saturated carbocycles. The molecule has 0 unspecified atom stereocenters. The lowest BCUT2D eigenvalue weighted by atomic mass is 9.82. The summed E-state index contributed by atoms with van der Waals surface area (Å²) in [5, 5.41) is 13.8. The fourth-order valence-corrected chi connectivity index (χ4v) is 2.85. The summed E-state index contributed by atoms with van der Waals surface area (Å²) in [4.78, 5) is 34.5. The first-order chi connectivity index (χ1) is 10.5. The van der Waals surface area contributed by atoms with Gasteiger partial charge in [-0.05, 0) is 24.3 Å². The van der Waals surface area contributed by atoms with Crippen LogP contribution in [0, 0.1) is 11.8 Å². The van der Waals surface area contributed by atoms with Crippen molar-refractivity contribution in [2.24, 2.45) is 17.6 Å². The first-order valence-electron chi connectivity index (χ1n) is 6.73. The van der Waals surface area contributed by atoms with Gasteiger partial charge in [-0.3, -0.25) is 9.59 Å². The smallest absolute Gasteiger partial charge is 0.248 e. The zero-order chi connectivity index (χ0) is 15.9. The van der Waals surface area contributed by atoms with Crippen LogP contribution in [0.25, 0.3) is 0 Å². The molecular weight excluding hydrogens is 288 g/mol. The first kappa shape index (κ1) is 14.3. The second-order valence-corrected chi connectivity index (χ2v) is 5.25. The molecule has 7 nitrogen and oxygen atoms in total. The van der Waals surface area contributed by atoms with Crippen LogP contribution in [0.4, 0.5) is 5.69 Å². The van der Waals surface area contributed by atoms with Crippen molar-refractivity contribution < 1.29 is 24.2 Å². The number of nitrogens with one attached hydrogen (secondary N) is 1. The molecule has 1 aromatic rings. The van der Waals surface area contributed by atoms with Crippen molar-refractivity contribution in [2.45, 2.75) is 12.2 Å². The second-order valence-electron chi connectivity index (χ2n) is 5.25. The van der Waals surface area contributed by atoms with Crippen LogP contribution >= 0.6 is 0 Å². The summed E-state index contributed by atoms with van der Waals surface area (Å²) in [6.45, 7) is 0. The van der Waals surface area contributed by atoms with Crippen LogP contribution in [0.3, 0.4) is 0 Å². The Morgan fingerprint density at radius 3 is 2.18 bits per heavy atom. The predicted octanol–water partition coefficient (Wildman–Crippen LogP) is -0.957. The molecule has 22 heavy (non-hydrogen) atoms. The summed E-state index contributed by atoms with van der Waals surface area (Å²) in [6, 6.07) is 6.00. The van der Waals surface area contributed by atoms with Gasteiger partial charge in [-0.2, -0.15) is 0 Å². The predicted molar refractivity (Wildman–Crippen MR) is 73.4 cm³/mol. The summed E-state index contributed by atoms with van der Waals surface area (Å²) < 4.78 is 5.41. The number of hydrogen-bond acceptors (Lipinski definition) is 5. The van der Waals surface area contributed by atoms with Crippen LogP contribution < -0.4 is 16.2 Å². The third kappa shape index (κ3) is 2.35. The minimum absolute atomic E-state index is 0.316. The lowest BCUT2D eigenvalue weighted by Gasteiger charge is -2.24. The number of carboxylic acids is 1. The van der Waals surface area contributed by atoms with E-state index in [-0.39, 0.29) is 0 Å². The summed E-state index contributed by atoms with van der Waals surface area (Å²) >= 11 is 0. The Balaban J connectivity index is 1.75. The van der Waals surface area contributed by atoms with Crippen molar-refractivity contribution in [1.29, 1.82) is 0 Å². The molecule has 0 spiro atoms. The number of carboxylic acid groups (broad SMARTS) is 1. The first-order valence-corrected chi connectivity index (χ1v) is 6.73. The second kappa shape index (κ2) is 5.27. The normalized spacial score (nSPS) is 28.5. The molecule has 2 amide bonds. The van der Waals surface area contributed by atoms with Gasteiger partial charge in [-0.15, -0.1) is 0 Å². The van der Waals surface area contributed by atoms with E-state index < -0.39 is 41.8 Å². The minimum Gasteiger partial charge on any atom is -0.550 e. The number of carbonyl (C=O) groups excluding carboxylic acids is 3. The van der Waals surface area contributed by atoms with Gasteiger partial charge in [0.15, 0.2) is 0 Å². The average molecular weight is 301 g/mol. The highest BCUT2D eigenvalue weighted by molar-refractivity contribution is 5.97. The quantitative estimate of drug-likeness (QED) is 0.694. The largest absolute Gasteiger partial charge is 0.550 e. The maximum atomic E-state index is 12.3. The molecule has 114 valence electrons. The third-order valence-corrected chi connectivity index (χ3v) is 3.91. The lowest BCUT2D eigenvalue weighted by molar-refractivity contribution is -0.313. The van der Waals surface area contributed by atoms with E-state index in [1.807, 2.05) is 0 Å². The van der Waals surface area contributed by atoms with Crippen molar-refractivity contribution >= 4 is 23.5 Å². The fourth-order valence-electron chi connectivity index (χ4n) is 2.85. The number of aliphatic carboxylic acids is 1. The van der Waals surface area contributed by atoms with Gasteiger partial charge in [0.25, 0.3) is 0 Å². The minimum atomic E-state index is -1.30. The van der Waals surface area contributed by atoms with Gasteiger partial charge in [0, 0.05) is 23.1 Å². The Kier molecular flexibility index (Phi) is 3.42. The fraction of sp³-hybridized carbons (Fsp3) is 0.267. The zero-order valence-electron chi connectivity index (χ0n) is 11.4. The van der Waals surface area contributed by atoms with Gasteiger partial charge in [-0.25, -0.2) is 0 Å². The molecule has 0 aliphatic carbocycles. The van der Waals surface area contributed by atoms with E-state index in [0.29, 0.717) is 11.3 Å². The number of amides is 2. The molecule has 1 saturated heterocycles. The Labute approximate surface area is 125 Å². The van der Waals surface area contributed by atoms with Gasteiger partial charge >= 0.3 is 0 Å². The molecule has 1 fully saturated rings. The lowest BCUT2D eigenvalue weighted by Crippen LogP contribution is -2.45. The highest BCUT2D eigenvalue weighted by Crippen LogP contribution is 2.39. The molecule has 4 atom stereocenters. The molecular formula is C15H13N2O5-. The van der Waals surface area contributed by atoms with E-state index in [4.69, 9.17) is 10.5 Å². The highest BCUT2D eigenvalue weighted by Gasteiger charge is 2.50. The number of hydrogen-bond donors (Lipinski definition) is 2. The molecule has 7 heteroatoms. The van der Waals surface area contributed by atoms with Gasteiger partial charge in [0.1, 0.15) is 0 Å². The van der Waals surface area contributed by atoms with E-state index in [1.54, 1.807) is 12.2 Å². The van der Waals surface area contributed by atoms with E-state index >= 15 is 0 Å². The number of carbonyl (C=O) groups is 3. The highest BCUT2D eigenvalue weighted by atomic mass is 16.5. The number of ether oxygens (including phenoxy) is 1. The summed E-state index contributed by atoms with van der Waals surface area (Å²) in [5.74, 6) is -4.17. The van der Waals surface area contributed by atoms with Gasteiger partial charge in [-0.1, -0.05) is 12.2 Å². The zero-order valence-corrected chi connectivity index (χ0v) is 11.4. The van der Waals surface area contributed by atoms with Crippen LogP contribution in [-0.2, 0) is 14.3 Å². The van der Waals surface area contributed by atoms with Crippen molar-refractivity contribution in [3.8, 4) is 0 Å². The molecule has 3 N–H and O–H groups in total. The molecule has 1 aromatic carbocycles. The molecule has 2 aliphatic rings. The molecule has 3 rings (SSSR count). The third-order valence-electron chi connectivity index (χ3n) is 3.91. The average Bonchev–Trinajstić information content (AvgIpc) is 3.08. The van der Waals surface area contributed by atoms with Gasteiger partial charge in [0.05, 0.1) is 18.1 Å².